The third kappa shape index (κ3) is 3.19. The number of nitrogens with one attached hydrogen (secondary N) is 1. The number of pyridine rings is 1. The van der Waals surface area contributed by atoms with Crippen LogP contribution in [0.15, 0.2) is 36.8 Å². The summed E-state index contributed by atoms with van der Waals surface area (Å²) < 4.78 is 5.84. The quantitative estimate of drug-likeness (QED) is 0.707. The molecule has 25 heavy (non-hydrogen) atoms. The van der Waals surface area contributed by atoms with E-state index in [1.54, 1.807) is 18.6 Å². The van der Waals surface area contributed by atoms with Gasteiger partial charge in [0.15, 0.2) is 0 Å². The van der Waals surface area contributed by atoms with E-state index in [9.17, 15) is 0 Å². The summed E-state index contributed by atoms with van der Waals surface area (Å²) in [6.07, 6.45) is 4.28. The molecule has 3 N–H and O–H groups in total. The molecule has 6 heteroatoms. The number of benzene rings is 1. The van der Waals surface area contributed by atoms with Crippen molar-refractivity contribution in [3.63, 3.8) is 0 Å². The third-order valence-electron chi connectivity index (χ3n) is 4.04. The number of anilines is 1. The number of rotatable bonds is 4. The van der Waals surface area contributed by atoms with Gasteiger partial charge in [0.1, 0.15) is 12.1 Å². The monoisotopic (exact) mass is 333 g/mol. The lowest BCUT2D eigenvalue weighted by Gasteiger charge is -2.13. The molecule has 2 heterocycles. The minimum Gasteiger partial charge on any atom is -0.438 e. The van der Waals surface area contributed by atoms with Crippen LogP contribution >= 0.6 is 0 Å². The molecule has 3 aromatic rings. The summed E-state index contributed by atoms with van der Waals surface area (Å²) in [5.41, 5.74) is 11.8. The zero-order valence-electron chi connectivity index (χ0n) is 14.4. The average molecular weight is 333 g/mol. The molecule has 0 aliphatic rings. The molecule has 0 unspecified atom stereocenters. The van der Waals surface area contributed by atoms with Crippen molar-refractivity contribution in [3.8, 4) is 22.8 Å². The van der Waals surface area contributed by atoms with Crippen LogP contribution in [0.2, 0.25) is 0 Å². The number of hydrogen-bond donors (Lipinski definition) is 2. The van der Waals surface area contributed by atoms with Crippen LogP contribution in [-0.4, -0.2) is 21.2 Å². The molecule has 6 nitrogen and oxygen atoms in total. The average Bonchev–Trinajstić information content (AvgIpc) is 2.57. The topological polar surface area (TPSA) is 97.8 Å². The Balaban J connectivity index is 1.99. The van der Waals surface area contributed by atoms with Gasteiger partial charge >= 0.3 is 0 Å². The van der Waals surface area contributed by atoms with Gasteiger partial charge in [0.2, 0.25) is 5.88 Å². The largest absolute Gasteiger partial charge is 0.438 e. The third-order valence-corrected chi connectivity index (χ3v) is 4.04. The molecule has 0 saturated heterocycles. The summed E-state index contributed by atoms with van der Waals surface area (Å²) in [6, 6.07) is 7.43. The first kappa shape index (κ1) is 16.6. The number of aromatic nitrogens is 3. The predicted molar refractivity (Wildman–Crippen MR) is 98.3 cm³/mol. The van der Waals surface area contributed by atoms with Crippen LogP contribution in [0.1, 0.15) is 22.5 Å². The second kappa shape index (κ2) is 6.68. The maximum absolute atomic E-state index is 7.49. The van der Waals surface area contributed by atoms with E-state index in [1.807, 2.05) is 39.0 Å². The smallest absolute Gasteiger partial charge is 0.230 e. The van der Waals surface area contributed by atoms with E-state index in [0.717, 1.165) is 34.3 Å². The molecule has 0 radical (unpaired) electrons. The van der Waals surface area contributed by atoms with E-state index in [1.165, 1.54) is 0 Å². The highest BCUT2D eigenvalue weighted by Gasteiger charge is 2.13. The molecular formula is C19H19N5O. The Morgan fingerprint density at radius 3 is 2.40 bits per heavy atom. The minimum atomic E-state index is 0.317. The molecule has 3 rings (SSSR count). The van der Waals surface area contributed by atoms with Gasteiger partial charge in [0.25, 0.3) is 0 Å². The molecule has 2 aromatic heterocycles. The lowest BCUT2D eigenvalue weighted by atomic mass is 9.98. The molecule has 0 fully saturated rings. The van der Waals surface area contributed by atoms with Gasteiger partial charge in [-0.25, -0.2) is 15.0 Å². The van der Waals surface area contributed by atoms with Crippen LogP contribution in [0.25, 0.3) is 11.1 Å². The van der Waals surface area contributed by atoms with Gasteiger partial charge in [0, 0.05) is 35.1 Å². The van der Waals surface area contributed by atoms with Gasteiger partial charge in [-0.15, -0.1) is 0 Å². The summed E-state index contributed by atoms with van der Waals surface area (Å²) >= 11 is 0. The van der Waals surface area contributed by atoms with E-state index in [2.05, 4.69) is 15.0 Å². The van der Waals surface area contributed by atoms with Crippen LogP contribution < -0.4 is 10.5 Å². The summed E-state index contributed by atoms with van der Waals surface area (Å²) in [6.45, 7) is 5.96. The van der Waals surface area contributed by atoms with Gasteiger partial charge in [0.05, 0.1) is 5.56 Å². The Kier molecular flexibility index (Phi) is 4.43. The summed E-state index contributed by atoms with van der Waals surface area (Å²) in [5.74, 6) is 0.951. The molecule has 0 saturated carbocycles. The van der Waals surface area contributed by atoms with Crippen LogP contribution in [0.5, 0.6) is 11.6 Å². The van der Waals surface area contributed by atoms with Crippen molar-refractivity contribution >= 4 is 11.9 Å². The highest BCUT2D eigenvalue weighted by atomic mass is 16.5. The highest BCUT2D eigenvalue weighted by molar-refractivity contribution is 5.87. The number of hydrogen-bond acceptors (Lipinski definition) is 6. The van der Waals surface area contributed by atoms with Crippen molar-refractivity contribution in [3.05, 3.63) is 59.3 Å². The SMILES string of the molecule is Cc1cc(Oc2nccc(N)c2C=N)ccc1-c1c(C)ncnc1C. The van der Waals surface area contributed by atoms with Crippen molar-refractivity contribution in [1.82, 2.24) is 15.0 Å². The van der Waals surface area contributed by atoms with E-state index < -0.39 is 0 Å². The van der Waals surface area contributed by atoms with Crippen LogP contribution in [-0.2, 0) is 0 Å². The fourth-order valence-electron chi connectivity index (χ4n) is 2.77. The van der Waals surface area contributed by atoms with Crippen LogP contribution in [0.4, 0.5) is 5.69 Å². The zero-order valence-corrected chi connectivity index (χ0v) is 14.4. The molecule has 0 atom stereocenters. The fraction of sp³-hybridized carbons (Fsp3) is 0.158. The number of nitrogens with zero attached hydrogens (tertiary/aromatic N) is 3. The van der Waals surface area contributed by atoms with Crippen LogP contribution in [0.3, 0.4) is 0 Å². The maximum atomic E-state index is 7.49. The molecule has 0 aliphatic carbocycles. The Bertz CT molecular complexity index is 932. The first-order valence-electron chi connectivity index (χ1n) is 7.83. The van der Waals surface area contributed by atoms with E-state index in [0.29, 0.717) is 22.9 Å². The van der Waals surface area contributed by atoms with Crippen molar-refractivity contribution in [2.75, 3.05) is 5.73 Å². The Morgan fingerprint density at radius 2 is 1.76 bits per heavy atom. The first-order valence-corrected chi connectivity index (χ1v) is 7.83. The number of nitrogens with two attached hydrogens (primary N) is 1. The summed E-state index contributed by atoms with van der Waals surface area (Å²) in [4.78, 5) is 12.7. The van der Waals surface area contributed by atoms with Gasteiger partial charge < -0.3 is 15.9 Å². The molecule has 0 aliphatic heterocycles. The van der Waals surface area contributed by atoms with E-state index >= 15 is 0 Å². The zero-order chi connectivity index (χ0) is 18.0. The van der Waals surface area contributed by atoms with E-state index in [4.69, 9.17) is 15.9 Å². The number of aryl methyl sites for hydroxylation is 3. The summed E-state index contributed by atoms with van der Waals surface area (Å²) in [5, 5.41) is 7.49. The molecule has 126 valence electrons. The Morgan fingerprint density at radius 1 is 1.04 bits per heavy atom. The van der Waals surface area contributed by atoms with Crippen molar-refractivity contribution in [2.45, 2.75) is 20.8 Å². The van der Waals surface area contributed by atoms with Crippen molar-refractivity contribution < 1.29 is 4.74 Å². The normalized spacial score (nSPS) is 10.5. The first-order chi connectivity index (χ1) is 12.0. The molecule has 0 spiro atoms. The molecule has 0 bridgehead atoms. The molecule has 1 aromatic carbocycles. The van der Waals surface area contributed by atoms with Crippen molar-refractivity contribution in [1.29, 1.82) is 5.41 Å². The van der Waals surface area contributed by atoms with Gasteiger partial charge in [-0.3, -0.25) is 0 Å². The predicted octanol–water partition coefficient (Wildman–Crippen LogP) is 3.84. The lowest BCUT2D eigenvalue weighted by Crippen LogP contribution is -2.00. The summed E-state index contributed by atoms with van der Waals surface area (Å²) in [7, 11) is 0. The lowest BCUT2D eigenvalue weighted by molar-refractivity contribution is 0.462. The number of ether oxygens (including phenoxy) is 1. The second-order valence-corrected chi connectivity index (χ2v) is 5.76. The van der Waals surface area contributed by atoms with Crippen LogP contribution in [0, 0.1) is 26.2 Å². The van der Waals surface area contributed by atoms with Crippen molar-refractivity contribution in [2.24, 2.45) is 0 Å². The highest BCUT2D eigenvalue weighted by Crippen LogP contribution is 2.32. The van der Waals surface area contributed by atoms with Gasteiger partial charge in [-0.2, -0.15) is 0 Å². The molecular weight excluding hydrogens is 314 g/mol. The molecule has 0 amide bonds. The fourth-order valence-corrected chi connectivity index (χ4v) is 2.77. The Labute approximate surface area is 146 Å². The van der Waals surface area contributed by atoms with Gasteiger partial charge in [-0.05, 0) is 50.1 Å². The number of nitrogen functional groups attached to an aromatic ring is 1. The minimum absolute atomic E-state index is 0.317. The second-order valence-electron chi connectivity index (χ2n) is 5.76. The van der Waals surface area contributed by atoms with E-state index in [-0.39, 0.29) is 0 Å². The standard InChI is InChI=1S/C19H19N5O/c1-11-8-14(25-19-16(9-20)17(21)6-7-22-19)4-5-15(11)18-12(2)23-10-24-13(18)3/h4-10,20H,1-3H3,(H2,21,22). The maximum Gasteiger partial charge on any atom is 0.230 e. The Hall–Kier alpha value is -3.28. The van der Waals surface area contributed by atoms with Gasteiger partial charge in [-0.1, -0.05) is 6.07 Å².